The van der Waals surface area contributed by atoms with Gasteiger partial charge in [0.2, 0.25) is 0 Å². The number of rotatable bonds is 5. The van der Waals surface area contributed by atoms with Crippen molar-refractivity contribution in [2.75, 3.05) is 13.1 Å². The predicted octanol–water partition coefficient (Wildman–Crippen LogP) is 2.36. The Bertz CT molecular complexity index is 675. The van der Waals surface area contributed by atoms with E-state index < -0.39 is 0 Å². The lowest BCUT2D eigenvalue weighted by molar-refractivity contribution is 0.0926. The molecular formula is C17H20N2O3. The van der Waals surface area contributed by atoms with Crippen LogP contribution in [0.15, 0.2) is 34.7 Å². The van der Waals surface area contributed by atoms with Crippen molar-refractivity contribution in [3.63, 3.8) is 0 Å². The van der Waals surface area contributed by atoms with Crippen LogP contribution in [0.4, 0.5) is 0 Å². The van der Waals surface area contributed by atoms with Crippen molar-refractivity contribution in [1.29, 1.82) is 0 Å². The summed E-state index contributed by atoms with van der Waals surface area (Å²) in [5.74, 6) is 1.03. The van der Waals surface area contributed by atoms with Gasteiger partial charge in [-0.15, -0.1) is 0 Å². The maximum absolute atomic E-state index is 12.1. The van der Waals surface area contributed by atoms with Crippen LogP contribution in [0, 0.1) is 20.8 Å². The zero-order chi connectivity index (χ0) is 16.1. The second-order valence-corrected chi connectivity index (χ2v) is 5.09. The lowest BCUT2D eigenvalue weighted by atomic mass is 10.1. The second-order valence-electron chi connectivity index (χ2n) is 5.09. The van der Waals surface area contributed by atoms with Crippen LogP contribution in [0.5, 0.6) is 0 Å². The van der Waals surface area contributed by atoms with E-state index in [1.54, 1.807) is 19.1 Å². The molecule has 0 aliphatic heterocycles. The number of nitrogens with one attached hydrogen (secondary N) is 2. The topological polar surface area (TPSA) is 71.3 Å². The first-order valence-electron chi connectivity index (χ1n) is 7.18. The molecule has 0 bridgehead atoms. The first-order chi connectivity index (χ1) is 10.5. The highest BCUT2D eigenvalue weighted by molar-refractivity contribution is 5.97. The zero-order valence-corrected chi connectivity index (χ0v) is 13.0. The van der Waals surface area contributed by atoms with Crippen LogP contribution in [0.25, 0.3) is 0 Å². The third-order valence-electron chi connectivity index (χ3n) is 3.52. The Morgan fingerprint density at radius 3 is 2.05 bits per heavy atom. The van der Waals surface area contributed by atoms with E-state index in [4.69, 9.17) is 4.42 Å². The van der Waals surface area contributed by atoms with Crippen LogP contribution in [-0.4, -0.2) is 24.9 Å². The fourth-order valence-electron chi connectivity index (χ4n) is 2.26. The molecule has 2 rings (SSSR count). The van der Waals surface area contributed by atoms with Gasteiger partial charge in [-0.25, -0.2) is 0 Å². The Balaban J connectivity index is 1.82. The van der Waals surface area contributed by atoms with Crippen molar-refractivity contribution >= 4 is 11.8 Å². The molecule has 1 heterocycles. The standard InChI is InChI=1S/C17H20N2O3/c1-11-12(2)22-13(3)15(11)17(21)19-10-9-18-16(20)14-7-5-4-6-8-14/h4-8H,9-10H2,1-3H3,(H,18,20)(H,19,21). The molecule has 2 amide bonds. The highest BCUT2D eigenvalue weighted by Crippen LogP contribution is 2.20. The fraction of sp³-hybridized carbons (Fsp3) is 0.294. The highest BCUT2D eigenvalue weighted by atomic mass is 16.3. The number of hydrogen-bond donors (Lipinski definition) is 2. The molecule has 22 heavy (non-hydrogen) atoms. The van der Waals surface area contributed by atoms with Crippen LogP contribution in [0.2, 0.25) is 0 Å². The molecule has 1 aromatic heterocycles. The Morgan fingerprint density at radius 2 is 1.50 bits per heavy atom. The average molecular weight is 300 g/mol. The van der Waals surface area contributed by atoms with E-state index in [0.717, 1.165) is 11.3 Å². The molecule has 0 spiro atoms. The summed E-state index contributed by atoms with van der Waals surface area (Å²) < 4.78 is 5.44. The molecule has 0 saturated carbocycles. The van der Waals surface area contributed by atoms with Crippen LogP contribution in [0.1, 0.15) is 37.8 Å². The maximum atomic E-state index is 12.1. The SMILES string of the molecule is Cc1oc(C)c(C(=O)NCCNC(=O)c2ccccc2)c1C. The maximum Gasteiger partial charge on any atom is 0.255 e. The fourth-order valence-corrected chi connectivity index (χ4v) is 2.26. The first kappa shape index (κ1) is 15.8. The van der Waals surface area contributed by atoms with E-state index in [-0.39, 0.29) is 11.8 Å². The Morgan fingerprint density at radius 1 is 0.909 bits per heavy atom. The molecule has 0 saturated heterocycles. The number of carbonyl (C=O) groups excluding carboxylic acids is 2. The molecule has 2 N–H and O–H groups in total. The summed E-state index contributed by atoms with van der Waals surface area (Å²) >= 11 is 0. The number of amides is 2. The molecule has 1 aromatic carbocycles. The summed E-state index contributed by atoms with van der Waals surface area (Å²) in [4.78, 5) is 24.0. The monoisotopic (exact) mass is 300 g/mol. The van der Waals surface area contributed by atoms with Gasteiger partial charge in [-0.2, -0.15) is 0 Å². The lowest BCUT2D eigenvalue weighted by Crippen LogP contribution is -2.35. The number of aryl methyl sites for hydroxylation is 2. The van der Waals surface area contributed by atoms with Crippen LogP contribution < -0.4 is 10.6 Å². The number of carbonyl (C=O) groups is 2. The Hall–Kier alpha value is -2.56. The van der Waals surface area contributed by atoms with Crippen molar-refractivity contribution < 1.29 is 14.0 Å². The van der Waals surface area contributed by atoms with Crippen molar-refractivity contribution in [3.05, 3.63) is 58.5 Å². The van der Waals surface area contributed by atoms with Gasteiger partial charge in [0.25, 0.3) is 11.8 Å². The van der Waals surface area contributed by atoms with Gasteiger partial charge >= 0.3 is 0 Å². The molecule has 0 fully saturated rings. The third-order valence-corrected chi connectivity index (χ3v) is 3.52. The van der Waals surface area contributed by atoms with Crippen molar-refractivity contribution in [2.24, 2.45) is 0 Å². The van der Waals surface area contributed by atoms with Crippen LogP contribution >= 0.6 is 0 Å². The summed E-state index contributed by atoms with van der Waals surface area (Å²) in [7, 11) is 0. The molecular weight excluding hydrogens is 280 g/mol. The largest absolute Gasteiger partial charge is 0.466 e. The molecule has 0 aliphatic carbocycles. The van der Waals surface area contributed by atoms with Gasteiger partial charge in [-0.3, -0.25) is 9.59 Å². The number of benzene rings is 1. The Kier molecular flexibility index (Phi) is 4.99. The van der Waals surface area contributed by atoms with Gasteiger partial charge in [0.05, 0.1) is 5.56 Å². The van der Waals surface area contributed by atoms with Crippen LogP contribution in [0.3, 0.4) is 0 Å². The minimum absolute atomic E-state index is 0.152. The van der Waals surface area contributed by atoms with Gasteiger partial charge < -0.3 is 15.1 Å². The summed E-state index contributed by atoms with van der Waals surface area (Å²) in [5, 5.41) is 5.55. The van der Waals surface area contributed by atoms with Crippen molar-refractivity contribution in [3.8, 4) is 0 Å². The molecule has 2 aromatic rings. The summed E-state index contributed by atoms with van der Waals surface area (Å²) in [6.07, 6.45) is 0. The average Bonchev–Trinajstić information content (AvgIpc) is 2.77. The van der Waals surface area contributed by atoms with Gasteiger partial charge in [0.1, 0.15) is 11.5 Å². The molecule has 0 radical (unpaired) electrons. The third kappa shape index (κ3) is 3.55. The molecule has 5 heteroatoms. The first-order valence-corrected chi connectivity index (χ1v) is 7.18. The van der Waals surface area contributed by atoms with Gasteiger partial charge in [0, 0.05) is 24.2 Å². The van der Waals surface area contributed by atoms with E-state index in [1.807, 2.05) is 32.0 Å². The summed E-state index contributed by atoms with van der Waals surface area (Å²) in [5.41, 5.74) is 2.03. The Labute approximate surface area is 129 Å². The van der Waals surface area contributed by atoms with Crippen LogP contribution in [-0.2, 0) is 0 Å². The summed E-state index contributed by atoms with van der Waals surface area (Å²) in [6.45, 7) is 6.19. The zero-order valence-electron chi connectivity index (χ0n) is 13.0. The van der Waals surface area contributed by atoms with Crippen molar-refractivity contribution in [2.45, 2.75) is 20.8 Å². The molecule has 0 unspecified atom stereocenters. The molecule has 0 aliphatic rings. The summed E-state index contributed by atoms with van der Waals surface area (Å²) in [6, 6.07) is 8.96. The van der Waals surface area contributed by atoms with E-state index in [1.165, 1.54) is 0 Å². The molecule has 5 nitrogen and oxygen atoms in total. The van der Waals surface area contributed by atoms with E-state index >= 15 is 0 Å². The van der Waals surface area contributed by atoms with Crippen molar-refractivity contribution in [1.82, 2.24) is 10.6 Å². The molecule has 116 valence electrons. The number of furan rings is 1. The normalized spacial score (nSPS) is 10.3. The highest BCUT2D eigenvalue weighted by Gasteiger charge is 2.17. The minimum atomic E-state index is -0.180. The number of hydrogen-bond acceptors (Lipinski definition) is 3. The second kappa shape index (κ2) is 6.93. The van der Waals surface area contributed by atoms with E-state index in [0.29, 0.717) is 30.0 Å². The quantitative estimate of drug-likeness (QED) is 0.833. The smallest absolute Gasteiger partial charge is 0.255 e. The van der Waals surface area contributed by atoms with E-state index in [9.17, 15) is 9.59 Å². The lowest BCUT2D eigenvalue weighted by Gasteiger charge is -2.07. The molecule has 0 atom stereocenters. The van der Waals surface area contributed by atoms with E-state index in [2.05, 4.69) is 10.6 Å². The minimum Gasteiger partial charge on any atom is -0.466 e. The van der Waals surface area contributed by atoms with Gasteiger partial charge in [-0.1, -0.05) is 18.2 Å². The van der Waals surface area contributed by atoms with Gasteiger partial charge in [0.15, 0.2) is 0 Å². The van der Waals surface area contributed by atoms with Gasteiger partial charge in [-0.05, 0) is 32.9 Å². The predicted molar refractivity (Wildman–Crippen MR) is 84.0 cm³/mol.